The maximum atomic E-state index is 5.62. The number of pyridine rings is 1. The van der Waals surface area contributed by atoms with Gasteiger partial charge in [0.15, 0.2) is 0 Å². The lowest BCUT2D eigenvalue weighted by atomic mass is 9.93. The zero-order valence-corrected chi connectivity index (χ0v) is 13.6. The van der Waals surface area contributed by atoms with Crippen LogP contribution in [-0.4, -0.2) is 29.5 Å². The number of hydrogen-bond donors (Lipinski definition) is 1. The number of piperidine rings is 1. The van der Waals surface area contributed by atoms with Crippen LogP contribution >= 0.6 is 31.9 Å². The van der Waals surface area contributed by atoms with E-state index in [1.165, 1.54) is 19.3 Å². The first-order chi connectivity index (χ1) is 8.69. The van der Waals surface area contributed by atoms with E-state index in [-0.39, 0.29) is 0 Å². The largest absolute Gasteiger partial charge is 0.330 e. The first kappa shape index (κ1) is 14.4. The molecule has 18 heavy (non-hydrogen) atoms. The summed E-state index contributed by atoms with van der Waals surface area (Å²) in [5.41, 5.74) is 6.74. The summed E-state index contributed by atoms with van der Waals surface area (Å²) >= 11 is 7.00. The highest BCUT2D eigenvalue weighted by molar-refractivity contribution is 9.11. The first-order valence-corrected chi connectivity index (χ1v) is 8.00. The maximum Gasteiger partial charge on any atom is 0.0686 e. The molecule has 1 aromatic rings. The number of nitrogens with two attached hydrogens (primary N) is 1. The zero-order chi connectivity index (χ0) is 13.0. The Hall–Kier alpha value is 0.0300. The molecule has 0 radical (unpaired) electrons. The van der Waals surface area contributed by atoms with E-state index in [4.69, 9.17) is 5.73 Å². The predicted molar refractivity (Wildman–Crippen MR) is 81.3 cm³/mol. The van der Waals surface area contributed by atoms with E-state index >= 15 is 0 Å². The third-order valence-electron chi connectivity index (χ3n) is 3.54. The molecule has 0 saturated carbocycles. The Morgan fingerprint density at radius 1 is 1.33 bits per heavy atom. The van der Waals surface area contributed by atoms with Gasteiger partial charge in [-0.05, 0) is 82.7 Å². The fourth-order valence-electron chi connectivity index (χ4n) is 2.44. The van der Waals surface area contributed by atoms with Gasteiger partial charge in [0.05, 0.1) is 5.69 Å². The zero-order valence-electron chi connectivity index (χ0n) is 10.4. The summed E-state index contributed by atoms with van der Waals surface area (Å²) in [5, 5.41) is 0. The second-order valence-corrected chi connectivity index (χ2v) is 6.65. The van der Waals surface area contributed by atoms with Gasteiger partial charge in [0.1, 0.15) is 0 Å². The highest BCUT2D eigenvalue weighted by Crippen LogP contribution is 2.24. The summed E-state index contributed by atoms with van der Waals surface area (Å²) in [5.74, 6) is 0.826. The van der Waals surface area contributed by atoms with Crippen LogP contribution in [0.25, 0.3) is 0 Å². The van der Waals surface area contributed by atoms with Gasteiger partial charge in [0, 0.05) is 21.7 Å². The SMILES string of the molecule is NCCC1CCN(Cc2ncc(Br)cc2Br)CC1. The summed E-state index contributed by atoms with van der Waals surface area (Å²) in [6.07, 6.45) is 5.58. The van der Waals surface area contributed by atoms with Gasteiger partial charge in [-0.1, -0.05) is 0 Å². The van der Waals surface area contributed by atoms with Crippen LogP contribution in [0.3, 0.4) is 0 Å². The van der Waals surface area contributed by atoms with Crippen molar-refractivity contribution in [2.75, 3.05) is 19.6 Å². The van der Waals surface area contributed by atoms with Crippen molar-refractivity contribution in [3.63, 3.8) is 0 Å². The maximum absolute atomic E-state index is 5.62. The van der Waals surface area contributed by atoms with Crippen molar-refractivity contribution in [1.82, 2.24) is 9.88 Å². The highest BCUT2D eigenvalue weighted by Gasteiger charge is 2.19. The fraction of sp³-hybridized carbons (Fsp3) is 0.615. The molecule has 1 aliphatic rings. The summed E-state index contributed by atoms with van der Waals surface area (Å²) in [6.45, 7) is 4.08. The number of aromatic nitrogens is 1. The molecule has 0 bridgehead atoms. The average Bonchev–Trinajstić information content (AvgIpc) is 2.35. The predicted octanol–water partition coefficient (Wildman–Crippen LogP) is 3.17. The molecule has 0 atom stereocenters. The minimum Gasteiger partial charge on any atom is -0.330 e. The minimum atomic E-state index is 0.824. The molecule has 1 fully saturated rings. The normalized spacial score (nSPS) is 18.2. The summed E-state index contributed by atoms with van der Waals surface area (Å²) in [4.78, 5) is 6.95. The van der Waals surface area contributed by atoms with Crippen LogP contribution in [0.4, 0.5) is 0 Å². The fourth-order valence-corrected chi connectivity index (χ4v) is 3.55. The van der Waals surface area contributed by atoms with Crippen molar-refractivity contribution < 1.29 is 0 Å². The third kappa shape index (κ3) is 4.02. The van der Waals surface area contributed by atoms with Gasteiger partial charge < -0.3 is 5.73 Å². The summed E-state index contributed by atoms with van der Waals surface area (Å²) in [7, 11) is 0. The lowest BCUT2D eigenvalue weighted by Gasteiger charge is -2.31. The van der Waals surface area contributed by atoms with Gasteiger partial charge in [-0.15, -0.1) is 0 Å². The van der Waals surface area contributed by atoms with Gasteiger partial charge >= 0.3 is 0 Å². The van der Waals surface area contributed by atoms with Gasteiger partial charge in [0.25, 0.3) is 0 Å². The molecule has 1 aromatic heterocycles. The number of hydrogen-bond acceptors (Lipinski definition) is 3. The van der Waals surface area contributed by atoms with Crippen molar-refractivity contribution in [1.29, 1.82) is 0 Å². The lowest BCUT2D eigenvalue weighted by molar-refractivity contribution is 0.171. The summed E-state index contributed by atoms with van der Waals surface area (Å²) in [6, 6.07) is 2.06. The molecule has 100 valence electrons. The average molecular weight is 377 g/mol. The Morgan fingerprint density at radius 2 is 2.06 bits per heavy atom. The number of nitrogens with zero attached hydrogens (tertiary/aromatic N) is 2. The van der Waals surface area contributed by atoms with Crippen molar-refractivity contribution in [2.45, 2.75) is 25.8 Å². The number of likely N-dealkylation sites (tertiary alicyclic amines) is 1. The smallest absolute Gasteiger partial charge is 0.0686 e. The van der Waals surface area contributed by atoms with E-state index in [1.807, 2.05) is 6.20 Å². The molecule has 2 heterocycles. The Kier molecular flexibility index (Phi) is 5.60. The second-order valence-electron chi connectivity index (χ2n) is 4.88. The second kappa shape index (κ2) is 6.98. The quantitative estimate of drug-likeness (QED) is 0.877. The van der Waals surface area contributed by atoms with Gasteiger partial charge in [-0.3, -0.25) is 9.88 Å². The van der Waals surface area contributed by atoms with E-state index < -0.39 is 0 Å². The molecular formula is C13H19Br2N3. The molecule has 1 saturated heterocycles. The molecule has 0 aromatic carbocycles. The van der Waals surface area contributed by atoms with Crippen LogP contribution in [0.15, 0.2) is 21.2 Å². The molecule has 0 unspecified atom stereocenters. The minimum absolute atomic E-state index is 0.824. The molecule has 5 heteroatoms. The Labute approximate surface area is 125 Å². The van der Waals surface area contributed by atoms with Crippen LogP contribution < -0.4 is 5.73 Å². The van der Waals surface area contributed by atoms with Crippen LogP contribution in [0.5, 0.6) is 0 Å². The molecular weight excluding hydrogens is 358 g/mol. The Bertz CT molecular complexity index is 390. The van der Waals surface area contributed by atoms with Crippen LogP contribution in [-0.2, 0) is 6.54 Å². The molecule has 1 aliphatic heterocycles. The van der Waals surface area contributed by atoms with Crippen LogP contribution in [0.1, 0.15) is 25.0 Å². The monoisotopic (exact) mass is 375 g/mol. The topological polar surface area (TPSA) is 42.1 Å². The van der Waals surface area contributed by atoms with Crippen molar-refractivity contribution >= 4 is 31.9 Å². The molecule has 3 nitrogen and oxygen atoms in total. The molecule has 0 aliphatic carbocycles. The Balaban J connectivity index is 1.87. The molecule has 2 rings (SSSR count). The van der Waals surface area contributed by atoms with Crippen molar-refractivity contribution in [3.8, 4) is 0 Å². The van der Waals surface area contributed by atoms with E-state index in [2.05, 4.69) is 47.8 Å². The van der Waals surface area contributed by atoms with Crippen LogP contribution in [0, 0.1) is 5.92 Å². The van der Waals surface area contributed by atoms with Gasteiger partial charge in [-0.25, -0.2) is 0 Å². The van der Waals surface area contributed by atoms with E-state index in [1.54, 1.807) is 0 Å². The third-order valence-corrected chi connectivity index (χ3v) is 4.66. The standard InChI is InChI=1S/C13H19Br2N3/c14-11-7-12(15)13(17-8-11)9-18-5-2-10(1-4-16)3-6-18/h7-8,10H,1-6,9,16H2. The van der Waals surface area contributed by atoms with E-state index in [0.29, 0.717) is 0 Å². The molecule has 0 amide bonds. The van der Waals surface area contributed by atoms with E-state index in [0.717, 1.165) is 46.7 Å². The van der Waals surface area contributed by atoms with E-state index in [9.17, 15) is 0 Å². The lowest BCUT2D eigenvalue weighted by Crippen LogP contribution is -2.34. The number of halogens is 2. The highest BCUT2D eigenvalue weighted by atomic mass is 79.9. The summed E-state index contributed by atoms with van der Waals surface area (Å²) < 4.78 is 2.10. The molecule has 2 N–H and O–H groups in total. The first-order valence-electron chi connectivity index (χ1n) is 6.41. The van der Waals surface area contributed by atoms with Gasteiger partial charge in [0.2, 0.25) is 0 Å². The van der Waals surface area contributed by atoms with Crippen molar-refractivity contribution in [2.24, 2.45) is 11.7 Å². The number of rotatable bonds is 4. The van der Waals surface area contributed by atoms with Gasteiger partial charge in [-0.2, -0.15) is 0 Å². The molecule has 0 spiro atoms. The van der Waals surface area contributed by atoms with Crippen LogP contribution in [0.2, 0.25) is 0 Å². The Morgan fingerprint density at radius 3 is 2.67 bits per heavy atom. The van der Waals surface area contributed by atoms with Crippen molar-refractivity contribution in [3.05, 3.63) is 26.9 Å².